The summed E-state index contributed by atoms with van der Waals surface area (Å²) < 4.78 is 16.9. The van der Waals surface area contributed by atoms with Crippen LogP contribution in [0.25, 0.3) is 0 Å². The number of rotatable bonds is 2. The van der Waals surface area contributed by atoms with Gasteiger partial charge in [-0.05, 0) is 50.1 Å². The van der Waals surface area contributed by atoms with Crippen LogP contribution in [-0.4, -0.2) is 19.0 Å². The third-order valence-electron chi connectivity index (χ3n) is 4.80. The molecule has 1 fully saturated rings. The van der Waals surface area contributed by atoms with Crippen molar-refractivity contribution in [3.8, 4) is 11.5 Å². The summed E-state index contributed by atoms with van der Waals surface area (Å²) in [5.74, 6) is 1.30. The molecule has 0 aromatic heterocycles. The average molecular weight is 325 g/mol. The van der Waals surface area contributed by atoms with Crippen LogP contribution in [0.5, 0.6) is 11.5 Å². The van der Waals surface area contributed by atoms with Crippen molar-refractivity contribution in [2.24, 2.45) is 0 Å². The van der Waals surface area contributed by atoms with Crippen LogP contribution >= 0.6 is 0 Å². The molecule has 0 radical (unpaired) electrons. The van der Waals surface area contributed by atoms with Crippen molar-refractivity contribution in [1.29, 1.82) is 0 Å². The normalized spacial score (nSPS) is 24.0. The maximum Gasteiger partial charge on any atom is 0.417 e. The largest absolute Gasteiger partial charge is 0.464 e. The summed E-state index contributed by atoms with van der Waals surface area (Å²) in [6.45, 7) is 4.73. The minimum atomic E-state index is -0.507. The van der Waals surface area contributed by atoms with Crippen LogP contribution < -0.4 is 14.8 Å². The zero-order valence-corrected chi connectivity index (χ0v) is 13.7. The first-order valence-electron chi connectivity index (χ1n) is 8.03. The van der Waals surface area contributed by atoms with E-state index in [1.165, 1.54) is 0 Å². The molecule has 2 aromatic carbocycles. The van der Waals surface area contributed by atoms with Crippen molar-refractivity contribution in [3.05, 3.63) is 53.6 Å². The van der Waals surface area contributed by atoms with Gasteiger partial charge in [0.15, 0.2) is 0 Å². The Labute approximate surface area is 140 Å². The standard InChI is InChI=1S/C19H19NO4/c1-12-5-3-4-6-15(12)20-18(21)23-13-7-8-16-14(11-13)19(2)9-10-22-17(19)24-16/h3-8,11,17H,9-10H2,1-2H3,(H,20,21)/t17-,19+/m1/s1. The summed E-state index contributed by atoms with van der Waals surface area (Å²) in [7, 11) is 0. The van der Waals surface area contributed by atoms with Gasteiger partial charge in [-0.25, -0.2) is 4.79 Å². The Hall–Kier alpha value is -2.53. The second-order valence-electron chi connectivity index (χ2n) is 6.48. The zero-order valence-electron chi connectivity index (χ0n) is 13.7. The first-order chi connectivity index (χ1) is 11.6. The number of carbonyl (C=O) groups is 1. The topological polar surface area (TPSA) is 56.8 Å². The molecular formula is C19H19NO4. The van der Waals surface area contributed by atoms with Gasteiger partial charge in [-0.3, -0.25) is 5.32 Å². The van der Waals surface area contributed by atoms with E-state index in [4.69, 9.17) is 14.2 Å². The van der Waals surface area contributed by atoms with Gasteiger partial charge < -0.3 is 14.2 Å². The fourth-order valence-corrected chi connectivity index (χ4v) is 3.30. The average Bonchev–Trinajstić information content (AvgIpc) is 3.04. The predicted octanol–water partition coefficient (Wildman–Crippen LogP) is 4.00. The minimum absolute atomic E-state index is 0.179. The Morgan fingerprint density at radius 3 is 2.96 bits per heavy atom. The highest BCUT2D eigenvalue weighted by Gasteiger charge is 2.50. The molecule has 2 atom stereocenters. The molecule has 2 aliphatic heterocycles. The molecule has 5 heteroatoms. The lowest BCUT2D eigenvalue weighted by molar-refractivity contribution is -0.0514. The molecule has 2 aliphatic rings. The molecule has 124 valence electrons. The van der Waals surface area contributed by atoms with E-state index in [1.54, 1.807) is 6.07 Å². The van der Waals surface area contributed by atoms with E-state index >= 15 is 0 Å². The number of aryl methyl sites for hydroxylation is 1. The van der Waals surface area contributed by atoms with E-state index in [9.17, 15) is 4.79 Å². The lowest BCUT2D eigenvalue weighted by Crippen LogP contribution is -2.30. The Morgan fingerprint density at radius 2 is 2.12 bits per heavy atom. The lowest BCUT2D eigenvalue weighted by atomic mass is 9.82. The third kappa shape index (κ3) is 2.41. The summed E-state index contributed by atoms with van der Waals surface area (Å²) >= 11 is 0. The van der Waals surface area contributed by atoms with Crippen molar-refractivity contribution >= 4 is 11.8 Å². The molecule has 1 amide bonds. The summed E-state index contributed by atoms with van der Waals surface area (Å²) in [6.07, 6.45) is 0.139. The first kappa shape index (κ1) is 15.0. The number of amides is 1. The van der Waals surface area contributed by atoms with Crippen molar-refractivity contribution in [2.75, 3.05) is 11.9 Å². The second-order valence-corrected chi connectivity index (χ2v) is 6.48. The zero-order chi connectivity index (χ0) is 16.7. The van der Waals surface area contributed by atoms with Crippen LogP contribution in [0.15, 0.2) is 42.5 Å². The van der Waals surface area contributed by atoms with Crippen LogP contribution in [0.4, 0.5) is 10.5 Å². The molecule has 2 aromatic rings. The number of ether oxygens (including phenoxy) is 3. The van der Waals surface area contributed by atoms with E-state index in [1.807, 2.05) is 43.3 Å². The maximum atomic E-state index is 12.2. The number of nitrogens with one attached hydrogen (secondary N) is 1. The molecule has 0 aliphatic carbocycles. The maximum absolute atomic E-state index is 12.2. The molecule has 1 saturated heterocycles. The highest BCUT2D eigenvalue weighted by Crippen LogP contribution is 2.49. The fourth-order valence-electron chi connectivity index (χ4n) is 3.30. The van der Waals surface area contributed by atoms with Gasteiger partial charge in [0.25, 0.3) is 0 Å². The molecule has 5 nitrogen and oxygen atoms in total. The summed E-state index contributed by atoms with van der Waals surface area (Å²) in [5, 5.41) is 2.77. The van der Waals surface area contributed by atoms with Gasteiger partial charge in [-0.15, -0.1) is 0 Å². The number of hydrogen-bond donors (Lipinski definition) is 1. The number of benzene rings is 2. The number of anilines is 1. The fraction of sp³-hybridized carbons (Fsp3) is 0.316. The smallest absolute Gasteiger partial charge is 0.417 e. The summed E-state index contributed by atoms with van der Waals surface area (Å²) in [6, 6.07) is 13.0. The van der Waals surface area contributed by atoms with Gasteiger partial charge in [0.05, 0.1) is 12.0 Å². The first-order valence-corrected chi connectivity index (χ1v) is 8.03. The van der Waals surface area contributed by atoms with Crippen molar-refractivity contribution in [1.82, 2.24) is 0 Å². The molecule has 0 saturated carbocycles. The third-order valence-corrected chi connectivity index (χ3v) is 4.80. The molecule has 1 N–H and O–H groups in total. The van der Waals surface area contributed by atoms with Crippen molar-refractivity contribution in [3.63, 3.8) is 0 Å². The van der Waals surface area contributed by atoms with Gasteiger partial charge in [0.2, 0.25) is 6.29 Å². The Morgan fingerprint density at radius 1 is 1.29 bits per heavy atom. The van der Waals surface area contributed by atoms with Crippen LogP contribution in [0.2, 0.25) is 0 Å². The molecule has 2 heterocycles. The number of hydrogen-bond acceptors (Lipinski definition) is 4. The van der Waals surface area contributed by atoms with E-state index < -0.39 is 6.09 Å². The Bertz CT molecular complexity index is 804. The van der Waals surface area contributed by atoms with E-state index in [0.29, 0.717) is 12.4 Å². The van der Waals surface area contributed by atoms with E-state index in [2.05, 4.69) is 12.2 Å². The quantitative estimate of drug-likeness (QED) is 0.906. The molecule has 0 spiro atoms. The Kier molecular flexibility index (Phi) is 3.46. The minimum Gasteiger partial charge on any atom is -0.464 e. The summed E-state index contributed by atoms with van der Waals surface area (Å²) in [4.78, 5) is 12.2. The van der Waals surface area contributed by atoms with Gasteiger partial charge in [-0.2, -0.15) is 0 Å². The summed E-state index contributed by atoms with van der Waals surface area (Å²) in [5.41, 5.74) is 2.57. The number of fused-ring (bicyclic) bond motifs is 3. The van der Waals surface area contributed by atoms with Crippen molar-refractivity contribution in [2.45, 2.75) is 32.0 Å². The molecule has 24 heavy (non-hydrogen) atoms. The van der Waals surface area contributed by atoms with Gasteiger partial charge in [0.1, 0.15) is 11.5 Å². The lowest BCUT2D eigenvalue weighted by Gasteiger charge is -2.20. The van der Waals surface area contributed by atoms with Crippen LogP contribution in [-0.2, 0) is 10.2 Å². The predicted molar refractivity (Wildman–Crippen MR) is 89.6 cm³/mol. The van der Waals surface area contributed by atoms with Crippen LogP contribution in [0.1, 0.15) is 24.5 Å². The van der Waals surface area contributed by atoms with Gasteiger partial charge in [-0.1, -0.05) is 18.2 Å². The van der Waals surface area contributed by atoms with Crippen LogP contribution in [0, 0.1) is 6.92 Å². The van der Waals surface area contributed by atoms with E-state index in [-0.39, 0.29) is 11.7 Å². The molecule has 0 unspecified atom stereocenters. The van der Waals surface area contributed by atoms with Crippen LogP contribution in [0.3, 0.4) is 0 Å². The molecule has 0 bridgehead atoms. The van der Waals surface area contributed by atoms with Gasteiger partial charge in [0, 0.05) is 11.3 Å². The highest BCUT2D eigenvalue weighted by molar-refractivity contribution is 5.87. The van der Waals surface area contributed by atoms with Crippen molar-refractivity contribution < 1.29 is 19.0 Å². The molecule has 4 rings (SSSR count). The monoisotopic (exact) mass is 325 g/mol. The van der Waals surface area contributed by atoms with E-state index in [0.717, 1.165) is 29.0 Å². The second kappa shape index (κ2) is 5.53. The SMILES string of the molecule is Cc1ccccc1NC(=O)Oc1ccc2c(c1)[C@]1(C)CCO[C@@H]1O2. The number of para-hydroxylation sites is 1. The van der Waals surface area contributed by atoms with Gasteiger partial charge >= 0.3 is 6.09 Å². The molecular weight excluding hydrogens is 306 g/mol. The Balaban J connectivity index is 1.52. The number of carbonyl (C=O) groups excluding carboxylic acids is 1. The highest BCUT2D eigenvalue weighted by atomic mass is 16.7.